The maximum Gasteiger partial charge on any atom is 0.319 e. The van der Waals surface area contributed by atoms with Crippen molar-refractivity contribution >= 4 is 39.2 Å². The van der Waals surface area contributed by atoms with Crippen molar-refractivity contribution < 1.29 is 9.18 Å². The van der Waals surface area contributed by atoms with Crippen LogP contribution in [-0.2, 0) is 0 Å². The van der Waals surface area contributed by atoms with E-state index < -0.39 is 5.82 Å². The first-order chi connectivity index (χ1) is 7.04. The maximum atomic E-state index is 12.9. The third-order valence-corrected chi connectivity index (χ3v) is 2.51. The first kappa shape index (κ1) is 12.3. The molecule has 2 amide bonds. The molecule has 0 aliphatic carbocycles. The van der Waals surface area contributed by atoms with Gasteiger partial charge in [-0.15, -0.1) is 0 Å². The van der Waals surface area contributed by atoms with Crippen molar-refractivity contribution in [3.8, 4) is 0 Å². The summed E-state index contributed by atoms with van der Waals surface area (Å²) in [5.74, 6) is -0.465. The molecule has 0 heterocycles. The fraction of sp³-hybridized carbons (Fsp3) is 0.222. The van der Waals surface area contributed by atoms with Gasteiger partial charge >= 0.3 is 6.03 Å². The van der Waals surface area contributed by atoms with Crippen LogP contribution in [0.2, 0.25) is 5.02 Å². The molecule has 2 N–H and O–H groups in total. The lowest BCUT2D eigenvalue weighted by molar-refractivity contribution is 0.252. The van der Waals surface area contributed by atoms with Crippen molar-refractivity contribution in [3.63, 3.8) is 0 Å². The zero-order valence-corrected chi connectivity index (χ0v) is 10.2. The molecule has 82 valence electrons. The van der Waals surface area contributed by atoms with Crippen LogP contribution >= 0.6 is 27.5 Å². The molecule has 0 spiro atoms. The number of anilines is 1. The minimum absolute atomic E-state index is 0.146. The van der Waals surface area contributed by atoms with Crippen molar-refractivity contribution in [2.75, 3.05) is 11.9 Å². The largest absolute Gasteiger partial charge is 0.338 e. The van der Waals surface area contributed by atoms with Crippen molar-refractivity contribution in [2.45, 2.75) is 6.92 Å². The van der Waals surface area contributed by atoms with Crippen molar-refractivity contribution in [1.29, 1.82) is 0 Å². The Hall–Kier alpha value is -0.810. The van der Waals surface area contributed by atoms with Gasteiger partial charge in [-0.3, -0.25) is 0 Å². The number of amides is 2. The Bertz CT molecular complexity index is 363. The number of carbonyl (C=O) groups excluding carboxylic acids is 1. The summed E-state index contributed by atoms with van der Waals surface area (Å²) < 4.78 is 13.3. The van der Waals surface area contributed by atoms with Crippen LogP contribution in [0, 0.1) is 5.82 Å². The van der Waals surface area contributed by atoms with Crippen LogP contribution in [0.3, 0.4) is 0 Å². The van der Waals surface area contributed by atoms with Gasteiger partial charge in [0.15, 0.2) is 0 Å². The van der Waals surface area contributed by atoms with Crippen LogP contribution in [0.25, 0.3) is 0 Å². The summed E-state index contributed by atoms with van der Waals surface area (Å²) in [6.45, 7) is 2.29. The van der Waals surface area contributed by atoms with E-state index in [0.717, 1.165) is 6.07 Å². The minimum Gasteiger partial charge on any atom is -0.338 e. The molecule has 0 aromatic heterocycles. The Balaban J connectivity index is 2.90. The Labute approximate surface area is 100 Å². The Kier molecular flexibility index (Phi) is 4.35. The first-order valence-electron chi connectivity index (χ1n) is 4.24. The number of urea groups is 1. The lowest BCUT2D eigenvalue weighted by Gasteiger charge is -2.09. The minimum atomic E-state index is -0.465. The molecule has 6 heteroatoms. The number of carbonyl (C=O) groups is 1. The fourth-order valence-corrected chi connectivity index (χ4v) is 1.88. The molecular weight excluding hydrogens is 286 g/mol. The van der Waals surface area contributed by atoms with E-state index in [1.807, 2.05) is 0 Å². The molecule has 0 aliphatic heterocycles. The summed E-state index contributed by atoms with van der Waals surface area (Å²) in [7, 11) is 0. The summed E-state index contributed by atoms with van der Waals surface area (Å²) in [5, 5.41) is 5.20. The normalized spacial score (nSPS) is 9.87. The third kappa shape index (κ3) is 3.35. The molecule has 0 unspecified atom stereocenters. The molecule has 0 fully saturated rings. The molecule has 0 atom stereocenters. The number of rotatable bonds is 2. The molecule has 1 rings (SSSR count). The molecular formula is C9H9BrClFN2O. The van der Waals surface area contributed by atoms with Gasteiger partial charge in [-0.2, -0.15) is 0 Å². The average Bonchev–Trinajstić information content (AvgIpc) is 2.11. The molecule has 0 saturated heterocycles. The van der Waals surface area contributed by atoms with Crippen molar-refractivity contribution in [3.05, 3.63) is 27.4 Å². The molecule has 0 saturated carbocycles. The molecule has 0 bridgehead atoms. The van der Waals surface area contributed by atoms with E-state index in [4.69, 9.17) is 11.6 Å². The Morgan fingerprint density at radius 2 is 2.27 bits per heavy atom. The second-order valence-corrected chi connectivity index (χ2v) is 3.99. The highest BCUT2D eigenvalue weighted by Gasteiger charge is 2.10. The standard InChI is InChI=1S/C9H9BrClFN2O/c1-2-13-9(15)14-8-6(10)3-5(12)4-7(8)11/h3-4H,2H2,1H3,(H2,13,14,15). The third-order valence-electron chi connectivity index (χ3n) is 1.58. The van der Waals surface area contributed by atoms with Gasteiger partial charge in [0.2, 0.25) is 0 Å². The lowest BCUT2D eigenvalue weighted by Crippen LogP contribution is -2.28. The summed E-state index contributed by atoms with van der Waals surface area (Å²) in [6, 6.07) is 1.98. The van der Waals surface area contributed by atoms with E-state index in [-0.39, 0.29) is 11.1 Å². The van der Waals surface area contributed by atoms with Gasteiger partial charge in [0.25, 0.3) is 0 Å². The van der Waals surface area contributed by atoms with Gasteiger partial charge < -0.3 is 10.6 Å². The van der Waals surface area contributed by atoms with Crippen LogP contribution in [0.1, 0.15) is 6.92 Å². The monoisotopic (exact) mass is 294 g/mol. The van der Waals surface area contributed by atoms with Gasteiger partial charge in [0.05, 0.1) is 10.7 Å². The summed E-state index contributed by atoms with van der Waals surface area (Å²) in [4.78, 5) is 11.2. The van der Waals surface area contributed by atoms with Gasteiger partial charge in [-0.25, -0.2) is 9.18 Å². The summed E-state index contributed by atoms with van der Waals surface area (Å²) in [6.07, 6.45) is 0. The van der Waals surface area contributed by atoms with E-state index in [0.29, 0.717) is 16.7 Å². The number of nitrogens with one attached hydrogen (secondary N) is 2. The quantitative estimate of drug-likeness (QED) is 0.863. The average molecular weight is 296 g/mol. The second kappa shape index (κ2) is 5.32. The van der Waals surface area contributed by atoms with Crippen molar-refractivity contribution in [1.82, 2.24) is 5.32 Å². The SMILES string of the molecule is CCNC(=O)Nc1c(Cl)cc(F)cc1Br. The van der Waals surface area contributed by atoms with E-state index in [2.05, 4.69) is 26.6 Å². The molecule has 0 aliphatic rings. The topological polar surface area (TPSA) is 41.1 Å². The van der Waals surface area contributed by atoms with Crippen LogP contribution in [0.4, 0.5) is 14.9 Å². The number of hydrogen-bond donors (Lipinski definition) is 2. The van der Waals surface area contributed by atoms with Crippen molar-refractivity contribution in [2.24, 2.45) is 0 Å². The van der Waals surface area contributed by atoms with Crippen LogP contribution in [-0.4, -0.2) is 12.6 Å². The fourth-order valence-electron chi connectivity index (χ4n) is 0.980. The first-order valence-corrected chi connectivity index (χ1v) is 5.41. The zero-order chi connectivity index (χ0) is 11.4. The van der Waals surface area contributed by atoms with E-state index in [1.165, 1.54) is 6.07 Å². The number of benzene rings is 1. The van der Waals surface area contributed by atoms with Crippen LogP contribution in [0.15, 0.2) is 16.6 Å². The van der Waals surface area contributed by atoms with Crippen LogP contribution in [0.5, 0.6) is 0 Å². The molecule has 3 nitrogen and oxygen atoms in total. The predicted octanol–water partition coefficient (Wildman–Crippen LogP) is 3.38. The lowest BCUT2D eigenvalue weighted by atomic mass is 10.3. The summed E-state index contributed by atoms with van der Waals surface area (Å²) >= 11 is 8.88. The predicted molar refractivity (Wildman–Crippen MR) is 61.8 cm³/mol. The smallest absolute Gasteiger partial charge is 0.319 e. The Morgan fingerprint density at radius 3 is 2.80 bits per heavy atom. The van der Waals surface area contributed by atoms with E-state index in [9.17, 15) is 9.18 Å². The number of halogens is 3. The highest BCUT2D eigenvalue weighted by molar-refractivity contribution is 9.10. The maximum absolute atomic E-state index is 12.9. The van der Waals surface area contributed by atoms with Gasteiger partial charge in [0, 0.05) is 11.0 Å². The Morgan fingerprint density at radius 1 is 1.60 bits per heavy atom. The molecule has 0 radical (unpaired) electrons. The van der Waals surface area contributed by atoms with Crippen LogP contribution < -0.4 is 10.6 Å². The molecule has 1 aromatic carbocycles. The number of hydrogen-bond acceptors (Lipinski definition) is 1. The highest BCUT2D eigenvalue weighted by Crippen LogP contribution is 2.31. The molecule has 15 heavy (non-hydrogen) atoms. The van der Waals surface area contributed by atoms with Gasteiger partial charge in [-0.05, 0) is 35.0 Å². The zero-order valence-electron chi connectivity index (χ0n) is 7.90. The van der Waals surface area contributed by atoms with E-state index >= 15 is 0 Å². The van der Waals surface area contributed by atoms with Gasteiger partial charge in [-0.1, -0.05) is 11.6 Å². The highest BCUT2D eigenvalue weighted by atomic mass is 79.9. The second-order valence-electron chi connectivity index (χ2n) is 2.73. The summed E-state index contributed by atoms with van der Waals surface area (Å²) in [5.41, 5.74) is 0.351. The molecule has 1 aromatic rings. The van der Waals surface area contributed by atoms with Gasteiger partial charge in [0.1, 0.15) is 5.82 Å². The van der Waals surface area contributed by atoms with E-state index in [1.54, 1.807) is 6.92 Å².